The van der Waals surface area contributed by atoms with E-state index in [1.807, 2.05) is 0 Å². The molecule has 1 atom stereocenters. The Kier molecular flexibility index (Phi) is 4.90. The van der Waals surface area contributed by atoms with Crippen molar-refractivity contribution < 1.29 is 13.2 Å². The first-order valence-electron chi connectivity index (χ1n) is 5.77. The molecule has 1 unspecified atom stereocenters. The van der Waals surface area contributed by atoms with Crippen molar-refractivity contribution in [3.05, 3.63) is 0 Å². The maximum atomic E-state index is 12.0. The van der Waals surface area contributed by atoms with Gasteiger partial charge in [0, 0.05) is 6.04 Å². The van der Waals surface area contributed by atoms with Crippen LogP contribution in [0.1, 0.15) is 45.4 Å². The Morgan fingerprint density at radius 3 is 2.33 bits per heavy atom. The highest BCUT2D eigenvalue weighted by Gasteiger charge is 2.29. The van der Waals surface area contributed by atoms with E-state index in [0.29, 0.717) is 5.92 Å². The molecule has 0 spiro atoms. The van der Waals surface area contributed by atoms with Crippen molar-refractivity contribution in [2.45, 2.75) is 57.7 Å². The predicted octanol–water partition coefficient (Wildman–Crippen LogP) is 3.50. The van der Waals surface area contributed by atoms with Crippen molar-refractivity contribution in [2.75, 3.05) is 6.54 Å². The SMILES string of the molecule is CC(CC(F)(F)F)NCC1CCCCC1. The van der Waals surface area contributed by atoms with E-state index in [4.69, 9.17) is 0 Å². The van der Waals surface area contributed by atoms with Crippen LogP contribution in [0.5, 0.6) is 0 Å². The molecule has 1 rings (SSSR count). The van der Waals surface area contributed by atoms with Crippen molar-refractivity contribution in [1.82, 2.24) is 5.32 Å². The number of nitrogens with one attached hydrogen (secondary N) is 1. The molecule has 1 N–H and O–H groups in total. The topological polar surface area (TPSA) is 12.0 Å². The van der Waals surface area contributed by atoms with Crippen LogP contribution >= 0.6 is 0 Å². The fraction of sp³-hybridized carbons (Fsp3) is 1.00. The first-order valence-corrected chi connectivity index (χ1v) is 5.77. The average Bonchev–Trinajstić information content (AvgIpc) is 2.14. The summed E-state index contributed by atoms with van der Waals surface area (Å²) < 4.78 is 36.1. The van der Waals surface area contributed by atoms with Crippen LogP contribution in [0.3, 0.4) is 0 Å². The quantitative estimate of drug-likeness (QED) is 0.769. The molecule has 0 aromatic heterocycles. The van der Waals surface area contributed by atoms with E-state index in [9.17, 15) is 13.2 Å². The second-order valence-electron chi connectivity index (χ2n) is 4.63. The predicted molar refractivity (Wildman–Crippen MR) is 54.7 cm³/mol. The summed E-state index contributed by atoms with van der Waals surface area (Å²) in [5, 5.41) is 2.99. The molecule has 0 aromatic carbocycles. The van der Waals surface area contributed by atoms with Gasteiger partial charge in [-0.25, -0.2) is 0 Å². The highest BCUT2D eigenvalue weighted by atomic mass is 19.4. The van der Waals surface area contributed by atoms with Crippen LogP contribution in [0, 0.1) is 5.92 Å². The summed E-state index contributed by atoms with van der Waals surface area (Å²) >= 11 is 0. The normalized spacial score (nSPS) is 21.6. The maximum Gasteiger partial charge on any atom is 0.390 e. The fourth-order valence-electron chi connectivity index (χ4n) is 2.18. The molecule has 4 heteroatoms. The van der Waals surface area contributed by atoms with Gasteiger partial charge in [0.05, 0.1) is 6.42 Å². The second kappa shape index (κ2) is 5.73. The number of hydrogen-bond acceptors (Lipinski definition) is 1. The van der Waals surface area contributed by atoms with Crippen molar-refractivity contribution >= 4 is 0 Å². The lowest BCUT2D eigenvalue weighted by atomic mass is 9.89. The van der Waals surface area contributed by atoms with E-state index in [2.05, 4.69) is 5.32 Å². The lowest BCUT2D eigenvalue weighted by Crippen LogP contribution is -2.35. The van der Waals surface area contributed by atoms with Gasteiger partial charge >= 0.3 is 6.18 Å². The molecule has 1 aliphatic rings. The molecule has 0 aliphatic heterocycles. The molecule has 90 valence electrons. The Balaban J connectivity index is 2.12. The van der Waals surface area contributed by atoms with Crippen molar-refractivity contribution in [2.24, 2.45) is 5.92 Å². The van der Waals surface area contributed by atoms with Crippen molar-refractivity contribution in [3.63, 3.8) is 0 Å². The lowest BCUT2D eigenvalue weighted by molar-refractivity contribution is -0.139. The minimum atomic E-state index is -4.04. The van der Waals surface area contributed by atoms with Gasteiger partial charge in [-0.05, 0) is 32.2 Å². The smallest absolute Gasteiger partial charge is 0.314 e. The average molecular weight is 223 g/mol. The first-order chi connectivity index (χ1) is 6.97. The van der Waals surface area contributed by atoms with Crippen molar-refractivity contribution in [3.8, 4) is 0 Å². The standard InChI is InChI=1S/C11H20F3N/c1-9(7-11(12,13)14)15-8-10-5-3-2-4-6-10/h9-10,15H,2-8H2,1H3. The Morgan fingerprint density at radius 1 is 1.20 bits per heavy atom. The Labute approximate surface area is 89.4 Å². The molecule has 1 fully saturated rings. The van der Waals surface area contributed by atoms with E-state index >= 15 is 0 Å². The summed E-state index contributed by atoms with van der Waals surface area (Å²) in [4.78, 5) is 0. The van der Waals surface area contributed by atoms with Gasteiger partial charge in [0.2, 0.25) is 0 Å². The molecular formula is C11H20F3N. The highest BCUT2D eigenvalue weighted by Crippen LogP contribution is 2.24. The van der Waals surface area contributed by atoms with E-state index < -0.39 is 18.6 Å². The first kappa shape index (κ1) is 12.8. The maximum absolute atomic E-state index is 12.0. The van der Waals surface area contributed by atoms with Gasteiger partial charge in [-0.2, -0.15) is 13.2 Å². The molecule has 15 heavy (non-hydrogen) atoms. The highest BCUT2D eigenvalue weighted by molar-refractivity contribution is 4.72. The third-order valence-electron chi connectivity index (χ3n) is 3.02. The summed E-state index contributed by atoms with van der Waals surface area (Å²) in [6, 6.07) is -0.452. The van der Waals surface area contributed by atoms with Crippen LogP contribution in [-0.4, -0.2) is 18.8 Å². The summed E-state index contributed by atoms with van der Waals surface area (Å²) in [6.07, 6.45) is 1.34. The molecule has 0 bridgehead atoms. The minimum Gasteiger partial charge on any atom is -0.314 e. The Morgan fingerprint density at radius 2 is 1.80 bits per heavy atom. The van der Waals surface area contributed by atoms with E-state index in [-0.39, 0.29) is 0 Å². The second-order valence-corrected chi connectivity index (χ2v) is 4.63. The molecule has 0 saturated heterocycles. The molecule has 0 aromatic rings. The molecule has 0 radical (unpaired) electrons. The van der Waals surface area contributed by atoms with Crippen molar-refractivity contribution in [1.29, 1.82) is 0 Å². The van der Waals surface area contributed by atoms with Gasteiger partial charge in [0.25, 0.3) is 0 Å². The number of hydrogen-bond donors (Lipinski definition) is 1. The van der Waals surface area contributed by atoms with Gasteiger partial charge in [-0.1, -0.05) is 19.3 Å². The number of alkyl halides is 3. The third-order valence-corrected chi connectivity index (χ3v) is 3.02. The van der Waals surface area contributed by atoms with Gasteiger partial charge < -0.3 is 5.32 Å². The van der Waals surface area contributed by atoms with E-state index in [1.165, 1.54) is 32.1 Å². The minimum absolute atomic E-state index is 0.452. The zero-order valence-electron chi connectivity index (χ0n) is 9.24. The number of halogens is 3. The zero-order valence-corrected chi connectivity index (χ0v) is 9.24. The third kappa shape index (κ3) is 6.03. The fourth-order valence-corrected chi connectivity index (χ4v) is 2.18. The van der Waals surface area contributed by atoms with E-state index in [0.717, 1.165) is 6.54 Å². The molecule has 0 amide bonds. The van der Waals surface area contributed by atoms with Crippen LogP contribution in [0.15, 0.2) is 0 Å². The summed E-state index contributed by atoms with van der Waals surface area (Å²) in [7, 11) is 0. The van der Waals surface area contributed by atoms with Crippen LogP contribution in [0.25, 0.3) is 0 Å². The van der Waals surface area contributed by atoms with Gasteiger partial charge in [0.15, 0.2) is 0 Å². The molecule has 1 saturated carbocycles. The van der Waals surface area contributed by atoms with Crippen LogP contribution in [-0.2, 0) is 0 Å². The van der Waals surface area contributed by atoms with Gasteiger partial charge in [-0.3, -0.25) is 0 Å². The zero-order chi connectivity index (χ0) is 11.3. The molecule has 1 nitrogen and oxygen atoms in total. The summed E-state index contributed by atoms with van der Waals surface area (Å²) in [5.41, 5.74) is 0. The van der Waals surface area contributed by atoms with Crippen LogP contribution in [0.4, 0.5) is 13.2 Å². The Bertz CT molecular complexity index is 173. The monoisotopic (exact) mass is 223 g/mol. The van der Waals surface area contributed by atoms with Crippen LogP contribution < -0.4 is 5.32 Å². The molecule has 1 aliphatic carbocycles. The van der Waals surface area contributed by atoms with E-state index in [1.54, 1.807) is 6.92 Å². The summed E-state index contributed by atoms with van der Waals surface area (Å²) in [5.74, 6) is 0.592. The molecular weight excluding hydrogens is 203 g/mol. The van der Waals surface area contributed by atoms with Crippen LogP contribution in [0.2, 0.25) is 0 Å². The lowest BCUT2D eigenvalue weighted by Gasteiger charge is -2.24. The Hall–Kier alpha value is -0.250. The summed E-state index contributed by atoms with van der Waals surface area (Å²) in [6.45, 7) is 2.35. The number of rotatable bonds is 4. The largest absolute Gasteiger partial charge is 0.390 e. The molecule has 0 heterocycles. The van der Waals surface area contributed by atoms with Gasteiger partial charge in [0.1, 0.15) is 0 Å². The van der Waals surface area contributed by atoms with Gasteiger partial charge in [-0.15, -0.1) is 0 Å².